The molecule has 0 bridgehead atoms. The number of carbonyl (C=O) groups excluding carboxylic acids is 2. The topological polar surface area (TPSA) is 180 Å². The van der Waals surface area contributed by atoms with Crippen molar-refractivity contribution in [1.82, 2.24) is 25.1 Å². The highest BCUT2D eigenvalue weighted by molar-refractivity contribution is 8.02. The van der Waals surface area contributed by atoms with Gasteiger partial charge in [-0.25, -0.2) is 9.78 Å². The van der Waals surface area contributed by atoms with Gasteiger partial charge < -0.3 is 21.4 Å². The number of nitrogens with two attached hydrogens (primary N) is 1. The molecule has 0 spiro atoms. The fourth-order valence-electron chi connectivity index (χ4n) is 3.41. The molecule has 0 aromatic carbocycles. The van der Waals surface area contributed by atoms with Crippen LogP contribution in [0.4, 0.5) is 5.13 Å². The number of aryl methyl sites for hydroxylation is 2. The van der Waals surface area contributed by atoms with E-state index in [1.54, 1.807) is 34.9 Å². The molecule has 34 heavy (non-hydrogen) atoms. The van der Waals surface area contributed by atoms with Crippen LogP contribution in [0, 0.1) is 0 Å². The number of thioether (sulfide) groups is 2. The zero-order valence-electron chi connectivity index (χ0n) is 17.8. The SMILES string of the molecule is Cn1n[n+](C)cc1S/C=C/C1=C(C(=O)O)N2C(=O)[C@@H](NC(=O)/C(=N/O)c3csc(N)n3)[C@H]2SC1. The molecule has 2 aromatic heterocycles. The molecule has 5 N–H and O–H groups in total. The Bertz CT molecular complexity index is 1270. The maximum absolute atomic E-state index is 12.8. The summed E-state index contributed by atoms with van der Waals surface area (Å²) >= 11 is 3.75. The van der Waals surface area contributed by atoms with Crippen molar-refractivity contribution in [3.63, 3.8) is 0 Å². The van der Waals surface area contributed by atoms with E-state index >= 15 is 0 Å². The van der Waals surface area contributed by atoms with Crippen molar-refractivity contribution >= 4 is 63.5 Å². The van der Waals surface area contributed by atoms with Gasteiger partial charge in [0.2, 0.25) is 5.03 Å². The average Bonchev–Trinajstić information content (AvgIpc) is 3.35. The number of carboxylic acids is 1. The monoisotopic (exact) mass is 523 g/mol. The van der Waals surface area contributed by atoms with Gasteiger partial charge in [0.1, 0.15) is 36.9 Å². The predicted molar refractivity (Wildman–Crippen MR) is 124 cm³/mol. The Morgan fingerprint density at radius 3 is 2.82 bits per heavy atom. The van der Waals surface area contributed by atoms with Crippen molar-refractivity contribution in [2.75, 3.05) is 11.5 Å². The molecular weight excluding hydrogens is 504 g/mol. The van der Waals surface area contributed by atoms with Gasteiger partial charge in [0, 0.05) is 11.1 Å². The maximum Gasteiger partial charge on any atom is 0.352 e. The minimum atomic E-state index is -1.24. The number of amides is 2. The van der Waals surface area contributed by atoms with Crippen molar-refractivity contribution < 1.29 is 29.4 Å². The number of hydrogen-bond acceptors (Lipinski definition) is 11. The fourth-order valence-corrected chi connectivity index (χ4v) is 6.05. The van der Waals surface area contributed by atoms with Crippen LogP contribution >= 0.6 is 34.9 Å². The minimum Gasteiger partial charge on any atom is -0.477 e. The summed E-state index contributed by atoms with van der Waals surface area (Å²) < 4.78 is 3.34. The number of carboxylic acid groups (broad SMARTS) is 1. The van der Waals surface area contributed by atoms with Gasteiger partial charge >= 0.3 is 5.97 Å². The smallest absolute Gasteiger partial charge is 0.352 e. The number of β-lactam (4-membered cyclic amide) rings is 1. The highest BCUT2D eigenvalue weighted by Crippen LogP contribution is 2.41. The van der Waals surface area contributed by atoms with Crippen LogP contribution in [0.3, 0.4) is 0 Å². The third kappa shape index (κ3) is 4.38. The number of nitrogens with zero attached hydrogens (tertiary/aromatic N) is 6. The van der Waals surface area contributed by atoms with Crippen LogP contribution in [0.5, 0.6) is 0 Å². The van der Waals surface area contributed by atoms with E-state index in [-0.39, 0.29) is 16.5 Å². The zero-order chi connectivity index (χ0) is 24.6. The van der Waals surface area contributed by atoms with E-state index in [4.69, 9.17) is 5.73 Å². The summed E-state index contributed by atoms with van der Waals surface area (Å²) in [7, 11) is 3.59. The standard InChI is InChI=1S/C18H18N8O5S3/c1-24-5-10(25(2)23-24)32-4-3-8-6-33-16-12(15(28)26(16)13(8)17(29)30)21-14(27)11(22-31)9-7-34-18(19)20-9/h3-5,7,12,16H,6H2,1-2H3,(H4-,19,20,21,27,29,30,31)/p+1/b4-3+/t12-,16-/m1/s1. The largest absolute Gasteiger partial charge is 0.477 e. The number of rotatable bonds is 7. The minimum absolute atomic E-state index is 0.0699. The summed E-state index contributed by atoms with van der Waals surface area (Å²) in [5.74, 6) is -2.31. The first-order valence-corrected chi connectivity index (χ1v) is 12.4. The van der Waals surface area contributed by atoms with Crippen molar-refractivity contribution in [2.45, 2.75) is 16.4 Å². The number of oxime groups is 1. The number of allylic oxidation sites excluding steroid dienone is 1. The van der Waals surface area contributed by atoms with Gasteiger partial charge in [-0.2, -0.15) is 0 Å². The molecule has 178 valence electrons. The van der Waals surface area contributed by atoms with Gasteiger partial charge in [-0.3, -0.25) is 14.5 Å². The van der Waals surface area contributed by atoms with Gasteiger partial charge in [-0.05, 0) is 28.8 Å². The number of aliphatic carboxylic acids is 1. The van der Waals surface area contributed by atoms with Crippen molar-refractivity contribution in [3.05, 3.63) is 40.0 Å². The molecule has 2 atom stereocenters. The molecule has 2 aromatic rings. The molecule has 2 amide bonds. The zero-order valence-corrected chi connectivity index (χ0v) is 20.2. The Balaban J connectivity index is 1.49. The third-order valence-corrected chi connectivity index (χ3v) is 7.78. The molecule has 4 rings (SSSR count). The maximum atomic E-state index is 12.8. The Morgan fingerprint density at radius 2 is 2.24 bits per heavy atom. The number of nitrogen functional groups attached to an aromatic ring is 1. The van der Waals surface area contributed by atoms with E-state index in [1.165, 1.54) is 28.9 Å². The highest BCUT2D eigenvalue weighted by atomic mass is 32.2. The first kappa shape index (κ1) is 23.8. The second-order valence-electron chi connectivity index (χ2n) is 7.13. The Morgan fingerprint density at radius 1 is 1.47 bits per heavy atom. The molecule has 0 unspecified atom stereocenters. The number of carbonyl (C=O) groups is 3. The molecule has 2 aliphatic rings. The summed E-state index contributed by atoms with van der Waals surface area (Å²) in [4.78, 5) is 42.4. The molecule has 1 fully saturated rings. The van der Waals surface area contributed by atoms with E-state index in [2.05, 4.69) is 20.7 Å². The normalized spacial score (nSPS) is 20.5. The van der Waals surface area contributed by atoms with Gasteiger partial charge in [-0.15, -0.1) is 32.5 Å². The van der Waals surface area contributed by atoms with Crippen LogP contribution in [0.2, 0.25) is 0 Å². The lowest BCUT2D eigenvalue weighted by molar-refractivity contribution is -0.732. The summed E-state index contributed by atoms with van der Waals surface area (Å²) in [6, 6.07) is -0.978. The first-order valence-electron chi connectivity index (χ1n) is 9.59. The Kier molecular flexibility index (Phi) is 6.63. The van der Waals surface area contributed by atoms with E-state index in [9.17, 15) is 24.7 Å². The van der Waals surface area contributed by atoms with E-state index < -0.39 is 34.9 Å². The van der Waals surface area contributed by atoms with Gasteiger partial charge in [-0.1, -0.05) is 5.16 Å². The van der Waals surface area contributed by atoms with Gasteiger partial charge in [0.25, 0.3) is 11.8 Å². The molecule has 1 saturated heterocycles. The summed E-state index contributed by atoms with van der Waals surface area (Å²) in [5, 5.41) is 32.3. The van der Waals surface area contributed by atoms with Crippen LogP contribution in [0.1, 0.15) is 5.69 Å². The van der Waals surface area contributed by atoms with Crippen LogP contribution in [0.15, 0.2) is 44.5 Å². The number of fused-ring (bicyclic) bond motifs is 1. The Hall–Kier alpha value is -3.37. The van der Waals surface area contributed by atoms with Gasteiger partial charge in [0.05, 0.1) is 5.21 Å². The molecule has 0 saturated carbocycles. The predicted octanol–water partition coefficient (Wildman–Crippen LogP) is -0.494. The van der Waals surface area contributed by atoms with Crippen molar-refractivity contribution in [2.24, 2.45) is 19.3 Å². The fraction of sp³-hybridized carbons (Fsp3) is 0.278. The number of nitrogens with one attached hydrogen (secondary N) is 1. The molecular formula is C18H19N8O5S3+. The number of aromatic nitrogens is 4. The van der Waals surface area contributed by atoms with Gasteiger partial charge in [0.15, 0.2) is 17.0 Å². The van der Waals surface area contributed by atoms with Crippen LogP contribution < -0.4 is 15.7 Å². The summed E-state index contributed by atoms with van der Waals surface area (Å²) in [6.07, 6.45) is 3.48. The highest BCUT2D eigenvalue weighted by Gasteiger charge is 2.54. The number of anilines is 1. The molecule has 4 heterocycles. The van der Waals surface area contributed by atoms with Crippen LogP contribution in [0.25, 0.3) is 0 Å². The third-order valence-electron chi connectivity index (χ3n) is 4.92. The molecule has 0 aliphatic carbocycles. The van der Waals surface area contributed by atoms with Crippen molar-refractivity contribution in [1.29, 1.82) is 0 Å². The van der Waals surface area contributed by atoms with Crippen LogP contribution in [-0.4, -0.2) is 70.8 Å². The lowest BCUT2D eigenvalue weighted by Crippen LogP contribution is -2.71. The van der Waals surface area contributed by atoms with E-state index in [0.717, 1.165) is 21.3 Å². The van der Waals surface area contributed by atoms with Crippen LogP contribution in [-0.2, 0) is 28.5 Å². The molecule has 2 aliphatic heterocycles. The quantitative estimate of drug-likeness (QED) is 0.0923. The lowest BCUT2D eigenvalue weighted by Gasteiger charge is -2.49. The van der Waals surface area contributed by atoms with E-state index in [0.29, 0.717) is 11.3 Å². The molecule has 0 radical (unpaired) electrons. The molecule has 16 heteroatoms. The van der Waals surface area contributed by atoms with E-state index in [1.807, 2.05) is 6.20 Å². The summed E-state index contributed by atoms with van der Waals surface area (Å²) in [5.41, 5.74) is 5.58. The average molecular weight is 524 g/mol. The second kappa shape index (κ2) is 9.47. The Labute approximate surface area is 205 Å². The number of thiazole rings is 1. The number of hydrogen-bond donors (Lipinski definition) is 4. The molecule has 13 nitrogen and oxygen atoms in total. The summed E-state index contributed by atoms with van der Waals surface area (Å²) in [6.45, 7) is 0. The second-order valence-corrected chi connectivity index (χ2v) is 10.1. The lowest BCUT2D eigenvalue weighted by atomic mass is 10.0. The van der Waals surface area contributed by atoms with Crippen molar-refractivity contribution in [3.8, 4) is 0 Å². The first-order chi connectivity index (χ1) is 16.2.